The summed E-state index contributed by atoms with van der Waals surface area (Å²) < 4.78 is 50.0. The number of amides is 2. The summed E-state index contributed by atoms with van der Waals surface area (Å²) in [5.41, 5.74) is 6.58. The number of nitrogens with two attached hydrogens (primary N) is 1. The first kappa shape index (κ1) is 28.8. The van der Waals surface area contributed by atoms with Crippen LogP contribution in [0.2, 0.25) is 0 Å². The molecule has 0 saturated heterocycles. The highest BCUT2D eigenvalue weighted by Gasteiger charge is 2.35. The number of carbonyl (C=O) groups is 2. The van der Waals surface area contributed by atoms with E-state index in [1.165, 1.54) is 27.2 Å². The molecule has 2 amide bonds. The normalized spacial score (nSPS) is 11.8. The van der Waals surface area contributed by atoms with Gasteiger partial charge >= 0.3 is 6.18 Å². The molecular weight excluding hydrogens is 571 g/mol. The summed E-state index contributed by atoms with van der Waals surface area (Å²) in [5, 5.41) is 11.2. The van der Waals surface area contributed by atoms with Crippen molar-refractivity contribution >= 4 is 39.1 Å². The van der Waals surface area contributed by atoms with E-state index >= 15 is 0 Å². The number of pyridine rings is 1. The number of carbonyl (C=O) groups excluding carboxylic acids is 2. The molecule has 0 bridgehead atoms. The summed E-state index contributed by atoms with van der Waals surface area (Å²) >= 11 is 0.661. The van der Waals surface area contributed by atoms with Crippen LogP contribution in [0.25, 0.3) is 21.3 Å². The van der Waals surface area contributed by atoms with Crippen molar-refractivity contribution in [2.45, 2.75) is 39.6 Å². The molecule has 4 heterocycles. The number of hydrogen-bond donors (Lipinski definition) is 2. The average Bonchev–Trinajstić information content (AvgIpc) is 3.65. The minimum Gasteiger partial charge on any atom is -0.471 e. The van der Waals surface area contributed by atoms with Crippen LogP contribution in [0, 0.1) is 6.92 Å². The number of aromatic nitrogens is 5. The van der Waals surface area contributed by atoms with Crippen LogP contribution in [0.15, 0.2) is 48.8 Å². The Morgan fingerprint density at radius 1 is 1.14 bits per heavy atom. The third-order valence-electron chi connectivity index (χ3n) is 6.72. The van der Waals surface area contributed by atoms with Crippen LogP contribution < -0.4 is 15.8 Å². The first-order chi connectivity index (χ1) is 19.8. The fourth-order valence-electron chi connectivity index (χ4n) is 4.33. The number of hydrogen-bond acceptors (Lipinski definition) is 7. The molecule has 0 fully saturated rings. The number of aryl methyl sites for hydroxylation is 1. The second-order valence-corrected chi connectivity index (χ2v) is 10.9. The van der Waals surface area contributed by atoms with Gasteiger partial charge in [-0.05, 0) is 48.2 Å². The highest BCUT2D eigenvalue weighted by atomic mass is 32.1. The molecule has 0 saturated carbocycles. The van der Waals surface area contributed by atoms with E-state index in [0.29, 0.717) is 34.3 Å². The molecule has 0 unspecified atom stereocenters. The number of fused-ring (bicyclic) bond motifs is 1. The second-order valence-electron chi connectivity index (χ2n) is 9.86. The van der Waals surface area contributed by atoms with E-state index in [1.807, 2.05) is 24.3 Å². The SMILES string of the molecule is Cc1c(-c2cc(C(F)(F)F)nc3sc(C(N)=O)c(NC(=O)c4ccn(COc5ccc(C(C)C)cc5)n4)c23)cnn1C. The van der Waals surface area contributed by atoms with Crippen molar-refractivity contribution in [3.8, 4) is 16.9 Å². The Labute approximate surface area is 241 Å². The number of rotatable bonds is 8. The van der Waals surface area contributed by atoms with E-state index in [-0.39, 0.29) is 38.8 Å². The molecule has 1 aromatic carbocycles. The maximum Gasteiger partial charge on any atom is 0.433 e. The smallest absolute Gasteiger partial charge is 0.433 e. The van der Waals surface area contributed by atoms with E-state index in [0.717, 1.165) is 6.07 Å². The monoisotopic (exact) mass is 597 g/mol. The number of ether oxygens (including phenoxy) is 1. The minimum absolute atomic E-state index is 0.0116. The average molecular weight is 598 g/mol. The predicted octanol–water partition coefficient (Wildman–Crippen LogP) is 5.73. The molecular formula is C28H26F3N7O3S. The number of thiophene rings is 1. The Morgan fingerprint density at radius 2 is 1.86 bits per heavy atom. The van der Waals surface area contributed by atoms with Crippen LogP contribution in [0.3, 0.4) is 0 Å². The van der Waals surface area contributed by atoms with Crippen LogP contribution in [-0.2, 0) is 20.0 Å². The van der Waals surface area contributed by atoms with Gasteiger partial charge in [0, 0.05) is 29.9 Å². The third-order valence-corrected chi connectivity index (χ3v) is 7.82. The number of nitrogens with zero attached hydrogens (tertiary/aromatic N) is 5. The fourth-order valence-corrected chi connectivity index (χ4v) is 5.34. The molecule has 42 heavy (non-hydrogen) atoms. The first-order valence-corrected chi connectivity index (χ1v) is 13.6. The Balaban J connectivity index is 1.48. The van der Waals surface area contributed by atoms with Crippen molar-refractivity contribution < 1.29 is 27.5 Å². The molecule has 0 aliphatic carbocycles. The molecule has 0 aliphatic rings. The van der Waals surface area contributed by atoms with Crippen molar-refractivity contribution in [2.75, 3.05) is 5.32 Å². The van der Waals surface area contributed by atoms with Gasteiger partial charge in [-0.1, -0.05) is 26.0 Å². The number of primary amides is 1. The summed E-state index contributed by atoms with van der Waals surface area (Å²) in [4.78, 5) is 29.1. The van der Waals surface area contributed by atoms with Crippen LogP contribution in [0.5, 0.6) is 5.75 Å². The molecule has 4 aromatic heterocycles. The van der Waals surface area contributed by atoms with Gasteiger partial charge in [0.2, 0.25) is 0 Å². The third kappa shape index (κ3) is 5.57. The van der Waals surface area contributed by atoms with E-state index in [9.17, 15) is 22.8 Å². The van der Waals surface area contributed by atoms with Crippen molar-refractivity contribution in [1.29, 1.82) is 0 Å². The van der Waals surface area contributed by atoms with E-state index < -0.39 is 23.7 Å². The van der Waals surface area contributed by atoms with Gasteiger partial charge in [0.05, 0.1) is 11.9 Å². The van der Waals surface area contributed by atoms with E-state index in [1.54, 1.807) is 20.2 Å². The molecule has 0 radical (unpaired) electrons. The first-order valence-electron chi connectivity index (χ1n) is 12.7. The van der Waals surface area contributed by atoms with Crippen molar-refractivity contribution in [3.63, 3.8) is 0 Å². The van der Waals surface area contributed by atoms with Crippen LogP contribution >= 0.6 is 11.3 Å². The van der Waals surface area contributed by atoms with E-state index in [4.69, 9.17) is 10.5 Å². The summed E-state index contributed by atoms with van der Waals surface area (Å²) in [5.74, 6) is -0.626. The molecule has 0 spiro atoms. The van der Waals surface area contributed by atoms with Crippen LogP contribution in [0.4, 0.5) is 18.9 Å². The lowest BCUT2D eigenvalue weighted by molar-refractivity contribution is -0.140. The summed E-state index contributed by atoms with van der Waals surface area (Å²) in [6.45, 7) is 5.90. The molecule has 14 heteroatoms. The Kier molecular flexibility index (Phi) is 7.49. The molecule has 0 aliphatic heterocycles. The predicted molar refractivity (Wildman–Crippen MR) is 151 cm³/mol. The zero-order chi connectivity index (χ0) is 30.3. The highest BCUT2D eigenvalue weighted by molar-refractivity contribution is 7.21. The zero-order valence-corrected chi connectivity index (χ0v) is 23.8. The summed E-state index contributed by atoms with van der Waals surface area (Å²) in [6, 6.07) is 9.96. The number of alkyl halides is 3. The Morgan fingerprint density at radius 3 is 2.45 bits per heavy atom. The summed E-state index contributed by atoms with van der Waals surface area (Å²) in [7, 11) is 1.65. The second kappa shape index (κ2) is 10.9. The van der Waals surface area contributed by atoms with Gasteiger partial charge in [-0.2, -0.15) is 23.4 Å². The molecule has 10 nitrogen and oxygen atoms in total. The molecule has 5 aromatic rings. The highest BCUT2D eigenvalue weighted by Crippen LogP contribution is 2.44. The Hall–Kier alpha value is -4.72. The molecule has 0 atom stereocenters. The molecule has 218 valence electrons. The van der Waals surface area contributed by atoms with Gasteiger partial charge in [0.15, 0.2) is 12.4 Å². The molecule has 5 rings (SSSR count). The zero-order valence-electron chi connectivity index (χ0n) is 23.0. The van der Waals surface area contributed by atoms with Gasteiger partial charge < -0.3 is 15.8 Å². The number of nitrogens with one attached hydrogen (secondary N) is 1. The number of anilines is 1. The molecule has 3 N–H and O–H groups in total. The number of halogens is 3. The van der Waals surface area contributed by atoms with Gasteiger partial charge in [0.1, 0.15) is 21.2 Å². The van der Waals surface area contributed by atoms with Crippen LogP contribution in [-0.4, -0.2) is 36.4 Å². The van der Waals surface area contributed by atoms with Crippen LogP contribution in [0.1, 0.15) is 56.9 Å². The van der Waals surface area contributed by atoms with Crippen molar-refractivity contribution in [3.05, 3.63) is 76.3 Å². The van der Waals surface area contributed by atoms with Crippen molar-refractivity contribution in [1.82, 2.24) is 24.5 Å². The minimum atomic E-state index is -4.76. The quantitative estimate of drug-likeness (QED) is 0.235. The maximum atomic E-state index is 13.8. The van der Waals surface area contributed by atoms with Gasteiger partial charge in [-0.3, -0.25) is 14.3 Å². The van der Waals surface area contributed by atoms with Crippen molar-refractivity contribution in [2.24, 2.45) is 12.8 Å². The lowest BCUT2D eigenvalue weighted by atomic mass is 10.0. The lowest BCUT2D eigenvalue weighted by Crippen LogP contribution is -2.18. The van der Waals surface area contributed by atoms with Gasteiger partial charge in [-0.15, -0.1) is 11.3 Å². The number of benzene rings is 1. The topological polar surface area (TPSA) is 130 Å². The lowest BCUT2D eigenvalue weighted by Gasteiger charge is -2.12. The fraction of sp³-hybridized carbons (Fsp3) is 0.250. The van der Waals surface area contributed by atoms with Gasteiger partial charge in [0.25, 0.3) is 11.8 Å². The summed E-state index contributed by atoms with van der Waals surface area (Å²) in [6.07, 6.45) is -1.81. The maximum absolute atomic E-state index is 13.8. The Bertz CT molecular complexity index is 1800. The standard InChI is InChI=1S/C28H26F3N7O3S/c1-14(2)16-5-7-17(8-6-16)41-13-38-10-9-20(36-38)26(40)35-23-22-18(19-12-33-37(4)15(19)3)11-21(28(29,30)31)34-27(22)42-24(23)25(32)39/h5-12,14H,13H2,1-4H3,(H2,32,39)(H,35,40). The largest absolute Gasteiger partial charge is 0.471 e. The van der Waals surface area contributed by atoms with E-state index in [2.05, 4.69) is 34.3 Å². The van der Waals surface area contributed by atoms with Gasteiger partial charge in [-0.25, -0.2) is 9.67 Å².